The number of halogens is 2. The van der Waals surface area contributed by atoms with E-state index >= 15 is 0 Å². The van der Waals surface area contributed by atoms with E-state index < -0.39 is 0 Å². The van der Waals surface area contributed by atoms with E-state index in [1.807, 2.05) is 23.4 Å². The summed E-state index contributed by atoms with van der Waals surface area (Å²) in [6.45, 7) is 0.952. The highest BCUT2D eigenvalue weighted by atomic mass is 79.9. The minimum absolute atomic E-state index is 0.209. The first kappa shape index (κ1) is 13.5. The summed E-state index contributed by atoms with van der Waals surface area (Å²) in [5.41, 5.74) is 7.03. The number of benzene rings is 1. The Morgan fingerprint density at radius 3 is 2.83 bits per heavy atom. The Labute approximate surface area is 118 Å². The molecule has 0 unspecified atom stereocenters. The fourth-order valence-electron chi connectivity index (χ4n) is 1.86. The second kappa shape index (κ2) is 5.82. The fraction of sp³-hybridized carbons (Fsp3) is 0.231. The molecule has 0 aliphatic rings. The molecule has 1 aromatic heterocycles. The van der Waals surface area contributed by atoms with E-state index in [-0.39, 0.29) is 12.4 Å². The highest BCUT2D eigenvalue weighted by Crippen LogP contribution is 2.26. The SMILES string of the molecule is CN(Cc1cc(Br)cs1)c1cccc(F)c1CN. The second-order valence-electron chi connectivity index (χ2n) is 4.03. The van der Waals surface area contributed by atoms with E-state index in [0.29, 0.717) is 5.56 Å². The summed E-state index contributed by atoms with van der Waals surface area (Å²) in [5, 5.41) is 2.04. The molecule has 2 nitrogen and oxygen atoms in total. The molecule has 0 aliphatic heterocycles. The Hall–Kier alpha value is -0.910. The Bertz CT molecular complexity index is 542. The average Bonchev–Trinajstić information content (AvgIpc) is 2.74. The van der Waals surface area contributed by atoms with Gasteiger partial charge in [-0.15, -0.1) is 11.3 Å². The van der Waals surface area contributed by atoms with Gasteiger partial charge in [0.2, 0.25) is 0 Å². The first-order valence-corrected chi connectivity index (χ1v) is 7.20. The normalized spacial score (nSPS) is 10.7. The number of hydrogen-bond donors (Lipinski definition) is 1. The third-order valence-corrected chi connectivity index (χ3v) is 4.41. The summed E-state index contributed by atoms with van der Waals surface area (Å²) >= 11 is 5.11. The molecule has 0 saturated carbocycles. The van der Waals surface area contributed by atoms with Gasteiger partial charge in [0.1, 0.15) is 5.82 Å². The van der Waals surface area contributed by atoms with Gasteiger partial charge >= 0.3 is 0 Å². The van der Waals surface area contributed by atoms with Crippen LogP contribution in [0.2, 0.25) is 0 Å². The highest BCUT2D eigenvalue weighted by Gasteiger charge is 2.11. The van der Waals surface area contributed by atoms with E-state index in [4.69, 9.17) is 5.73 Å². The Morgan fingerprint density at radius 1 is 1.44 bits per heavy atom. The van der Waals surface area contributed by atoms with Crippen molar-refractivity contribution in [1.82, 2.24) is 0 Å². The molecule has 18 heavy (non-hydrogen) atoms. The van der Waals surface area contributed by atoms with Gasteiger partial charge in [0.05, 0.1) is 6.54 Å². The van der Waals surface area contributed by atoms with Crippen molar-refractivity contribution < 1.29 is 4.39 Å². The van der Waals surface area contributed by atoms with Crippen LogP contribution < -0.4 is 10.6 Å². The molecule has 5 heteroatoms. The lowest BCUT2D eigenvalue weighted by Crippen LogP contribution is -2.19. The van der Waals surface area contributed by atoms with Gasteiger partial charge in [-0.2, -0.15) is 0 Å². The van der Waals surface area contributed by atoms with Crippen LogP contribution in [0.4, 0.5) is 10.1 Å². The molecule has 2 N–H and O–H groups in total. The molecule has 0 bridgehead atoms. The Balaban J connectivity index is 2.23. The second-order valence-corrected chi connectivity index (χ2v) is 5.94. The summed E-state index contributed by atoms with van der Waals surface area (Å²) in [4.78, 5) is 3.24. The minimum atomic E-state index is -0.241. The van der Waals surface area contributed by atoms with Crippen LogP contribution in [0.15, 0.2) is 34.1 Å². The summed E-state index contributed by atoms with van der Waals surface area (Å²) < 4.78 is 14.7. The van der Waals surface area contributed by atoms with Gasteiger partial charge in [-0.1, -0.05) is 6.07 Å². The van der Waals surface area contributed by atoms with Gasteiger partial charge in [0.25, 0.3) is 0 Å². The van der Waals surface area contributed by atoms with E-state index in [1.54, 1.807) is 17.4 Å². The molecular formula is C13H14BrFN2S. The van der Waals surface area contributed by atoms with Crippen LogP contribution >= 0.6 is 27.3 Å². The van der Waals surface area contributed by atoms with Gasteiger partial charge in [0, 0.05) is 39.6 Å². The lowest BCUT2D eigenvalue weighted by Gasteiger charge is -2.21. The average molecular weight is 329 g/mol. The summed E-state index contributed by atoms with van der Waals surface area (Å²) in [6, 6.07) is 7.13. The first-order chi connectivity index (χ1) is 8.61. The maximum absolute atomic E-state index is 13.6. The molecular weight excluding hydrogens is 315 g/mol. The molecule has 2 rings (SSSR count). The van der Waals surface area contributed by atoms with Crippen molar-refractivity contribution in [3.8, 4) is 0 Å². The minimum Gasteiger partial charge on any atom is -0.369 e. The molecule has 0 saturated heterocycles. The summed E-state index contributed by atoms with van der Waals surface area (Å²) in [5.74, 6) is -0.241. The Morgan fingerprint density at radius 2 is 2.22 bits per heavy atom. The van der Waals surface area contributed by atoms with Crippen LogP contribution in [-0.2, 0) is 13.1 Å². The van der Waals surface area contributed by atoms with Crippen molar-refractivity contribution in [3.05, 3.63) is 50.4 Å². The number of rotatable bonds is 4. The molecule has 0 amide bonds. The van der Waals surface area contributed by atoms with Crippen LogP contribution in [-0.4, -0.2) is 7.05 Å². The van der Waals surface area contributed by atoms with Crippen molar-refractivity contribution in [3.63, 3.8) is 0 Å². The fourth-order valence-corrected chi connectivity index (χ4v) is 3.37. The van der Waals surface area contributed by atoms with E-state index in [0.717, 1.165) is 16.7 Å². The van der Waals surface area contributed by atoms with Crippen molar-refractivity contribution >= 4 is 33.0 Å². The third kappa shape index (κ3) is 2.91. The van der Waals surface area contributed by atoms with Crippen molar-refractivity contribution in [2.24, 2.45) is 5.73 Å². The summed E-state index contributed by atoms with van der Waals surface area (Å²) in [7, 11) is 1.95. The van der Waals surface area contributed by atoms with Crippen molar-refractivity contribution in [1.29, 1.82) is 0 Å². The predicted molar refractivity (Wildman–Crippen MR) is 78.4 cm³/mol. The highest BCUT2D eigenvalue weighted by molar-refractivity contribution is 9.10. The maximum Gasteiger partial charge on any atom is 0.129 e. The van der Waals surface area contributed by atoms with Crippen LogP contribution in [0.1, 0.15) is 10.4 Å². The zero-order chi connectivity index (χ0) is 13.1. The molecule has 2 aromatic rings. The largest absolute Gasteiger partial charge is 0.369 e. The van der Waals surface area contributed by atoms with E-state index in [2.05, 4.69) is 22.0 Å². The first-order valence-electron chi connectivity index (χ1n) is 5.53. The Kier molecular flexibility index (Phi) is 4.37. The quantitative estimate of drug-likeness (QED) is 0.926. The van der Waals surface area contributed by atoms with Crippen molar-refractivity contribution in [2.75, 3.05) is 11.9 Å². The van der Waals surface area contributed by atoms with Gasteiger partial charge in [0.15, 0.2) is 0 Å². The van der Waals surface area contributed by atoms with E-state index in [1.165, 1.54) is 10.9 Å². The molecule has 1 heterocycles. The molecule has 0 aliphatic carbocycles. The van der Waals surface area contributed by atoms with Crippen LogP contribution in [0.25, 0.3) is 0 Å². The van der Waals surface area contributed by atoms with Gasteiger partial charge < -0.3 is 10.6 Å². The number of thiophene rings is 1. The summed E-state index contributed by atoms with van der Waals surface area (Å²) in [6.07, 6.45) is 0. The molecule has 0 spiro atoms. The molecule has 0 atom stereocenters. The van der Waals surface area contributed by atoms with Crippen LogP contribution in [0.3, 0.4) is 0 Å². The number of nitrogens with zero attached hydrogens (tertiary/aromatic N) is 1. The predicted octanol–water partition coefficient (Wildman–Crippen LogP) is 3.74. The topological polar surface area (TPSA) is 29.3 Å². The number of anilines is 1. The molecule has 96 valence electrons. The lowest BCUT2D eigenvalue weighted by molar-refractivity contribution is 0.609. The van der Waals surface area contributed by atoms with Gasteiger partial charge in [-0.3, -0.25) is 0 Å². The molecule has 0 radical (unpaired) electrons. The van der Waals surface area contributed by atoms with Gasteiger partial charge in [-0.25, -0.2) is 4.39 Å². The third-order valence-electron chi connectivity index (χ3n) is 2.72. The number of nitrogens with two attached hydrogens (primary N) is 1. The maximum atomic E-state index is 13.6. The molecule has 1 aromatic carbocycles. The van der Waals surface area contributed by atoms with Crippen LogP contribution in [0, 0.1) is 5.82 Å². The van der Waals surface area contributed by atoms with Gasteiger partial charge in [-0.05, 0) is 34.1 Å². The zero-order valence-corrected chi connectivity index (χ0v) is 12.4. The standard InChI is InChI=1S/C13H14BrFN2S/c1-17(7-10-5-9(14)8-18-10)13-4-2-3-12(15)11(13)6-16/h2-5,8H,6-7,16H2,1H3. The zero-order valence-electron chi connectivity index (χ0n) is 9.99. The van der Waals surface area contributed by atoms with Crippen LogP contribution in [0.5, 0.6) is 0 Å². The monoisotopic (exact) mass is 328 g/mol. The lowest BCUT2D eigenvalue weighted by atomic mass is 10.1. The smallest absolute Gasteiger partial charge is 0.129 e. The van der Waals surface area contributed by atoms with Crippen molar-refractivity contribution in [2.45, 2.75) is 13.1 Å². The number of hydrogen-bond acceptors (Lipinski definition) is 3. The molecule has 0 fully saturated rings. The van der Waals surface area contributed by atoms with E-state index in [9.17, 15) is 4.39 Å².